The highest BCUT2D eigenvalue weighted by molar-refractivity contribution is 5.63. The second-order valence-electron chi connectivity index (χ2n) is 7.85. The maximum absolute atomic E-state index is 5.26. The van der Waals surface area contributed by atoms with Crippen molar-refractivity contribution in [2.75, 3.05) is 26.7 Å². The molecule has 0 radical (unpaired) electrons. The minimum Gasteiger partial charge on any atom is -0.497 e. The van der Waals surface area contributed by atoms with Crippen molar-refractivity contribution >= 4 is 0 Å². The molecule has 1 saturated heterocycles. The minimum absolute atomic E-state index is 0.510. The number of hydrogen-bond acceptors (Lipinski definition) is 6. The van der Waals surface area contributed by atoms with Crippen molar-refractivity contribution < 1.29 is 4.74 Å². The van der Waals surface area contributed by atoms with Gasteiger partial charge >= 0.3 is 0 Å². The molecule has 0 saturated carbocycles. The van der Waals surface area contributed by atoms with E-state index in [1.807, 2.05) is 18.3 Å². The molecule has 0 bridgehead atoms. The molecule has 0 atom stereocenters. The van der Waals surface area contributed by atoms with Crippen LogP contribution >= 0.6 is 0 Å². The zero-order valence-corrected chi connectivity index (χ0v) is 16.8. The Balaban J connectivity index is 1.24. The molecule has 0 amide bonds. The summed E-state index contributed by atoms with van der Waals surface area (Å²) >= 11 is 0. The van der Waals surface area contributed by atoms with Gasteiger partial charge in [-0.3, -0.25) is 10.00 Å². The highest BCUT2D eigenvalue weighted by atomic mass is 16.5. The molecule has 2 N–H and O–H groups in total. The van der Waals surface area contributed by atoms with Gasteiger partial charge in [-0.2, -0.15) is 5.10 Å². The van der Waals surface area contributed by atoms with Gasteiger partial charge in [-0.25, -0.2) is 0 Å². The molecule has 29 heavy (non-hydrogen) atoms. The van der Waals surface area contributed by atoms with E-state index in [1.54, 1.807) is 7.11 Å². The van der Waals surface area contributed by atoms with Crippen molar-refractivity contribution in [2.24, 2.45) is 0 Å². The number of benzene rings is 1. The Hall–Kier alpha value is -2.71. The van der Waals surface area contributed by atoms with Crippen LogP contribution < -0.4 is 10.1 Å². The molecule has 2 aliphatic rings. The third-order valence-electron chi connectivity index (χ3n) is 6.09. The van der Waals surface area contributed by atoms with Crippen molar-refractivity contribution in [3.63, 3.8) is 0 Å². The molecule has 1 aromatic carbocycles. The van der Waals surface area contributed by atoms with E-state index in [1.165, 1.54) is 11.4 Å². The van der Waals surface area contributed by atoms with Crippen LogP contribution in [0.15, 0.2) is 30.5 Å². The Bertz CT molecular complexity index is 954. The van der Waals surface area contributed by atoms with Crippen molar-refractivity contribution in [3.05, 3.63) is 47.7 Å². The Morgan fingerprint density at radius 3 is 2.72 bits per heavy atom. The fourth-order valence-electron chi connectivity index (χ4n) is 4.45. The molecule has 4 heterocycles. The first-order valence-electron chi connectivity index (χ1n) is 10.3. The van der Waals surface area contributed by atoms with Gasteiger partial charge in [0.1, 0.15) is 17.4 Å². The summed E-state index contributed by atoms with van der Waals surface area (Å²) in [4.78, 5) is 2.52. The van der Waals surface area contributed by atoms with Gasteiger partial charge < -0.3 is 14.6 Å². The summed E-state index contributed by atoms with van der Waals surface area (Å²) in [7, 11) is 1.69. The standard InChI is InChI=1S/C21H27N7O/c1-29-18-4-2-15(3-5-18)20-17(12-23-25-20)14-27-9-6-16(7-10-27)21-26-24-19-13-22-8-11-28(19)21/h2-5,12,16,22H,6-11,13-14H2,1H3,(H,23,25). The van der Waals surface area contributed by atoms with E-state index in [0.29, 0.717) is 5.92 Å². The van der Waals surface area contributed by atoms with E-state index in [2.05, 4.69) is 47.3 Å². The zero-order chi connectivity index (χ0) is 19.6. The van der Waals surface area contributed by atoms with E-state index < -0.39 is 0 Å². The summed E-state index contributed by atoms with van der Waals surface area (Å²) in [5.41, 5.74) is 3.46. The third kappa shape index (κ3) is 3.65. The van der Waals surface area contributed by atoms with E-state index in [4.69, 9.17) is 4.74 Å². The molecule has 0 aliphatic carbocycles. The van der Waals surface area contributed by atoms with Crippen molar-refractivity contribution in [1.82, 2.24) is 35.2 Å². The van der Waals surface area contributed by atoms with Gasteiger partial charge in [0, 0.05) is 36.7 Å². The Morgan fingerprint density at radius 1 is 1.10 bits per heavy atom. The van der Waals surface area contributed by atoms with Crippen LogP contribution in [0.1, 0.15) is 36.0 Å². The summed E-state index contributed by atoms with van der Waals surface area (Å²) in [5, 5.41) is 19.7. The highest BCUT2D eigenvalue weighted by Crippen LogP contribution is 2.30. The van der Waals surface area contributed by atoms with Gasteiger partial charge in [-0.1, -0.05) is 0 Å². The highest BCUT2D eigenvalue weighted by Gasteiger charge is 2.27. The van der Waals surface area contributed by atoms with Gasteiger partial charge in [-0.05, 0) is 50.2 Å². The lowest BCUT2D eigenvalue weighted by Gasteiger charge is -2.32. The van der Waals surface area contributed by atoms with E-state index in [0.717, 1.165) is 74.9 Å². The first-order valence-corrected chi connectivity index (χ1v) is 10.3. The number of piperidine rings is 1. The number of H-pyrrole nitrogens is 1. The molecule has 0 spiro atoms. The number of methoxy groups -OCH3 is 1. The number of ether oxygens (including phenoxy) is 1. The van der Waals surface area contributed by atoms with Gasteiger partial charge in [0.2, 0.25) is 0 Å². The van der Waals surface area contributed by atoms with E-state index >= 15 is 0 Å². The summed E-state index contributed by atoms with van der Waals surface area (Å²) < 4.78 is 7.59. The zero-order valence-electron chi connectivity index (χ0n) is 16.8. The SMILES string of the molecule is COc1ccc(-c2[nH]ncc2CN2CCC(c3nnc4n3CCNC4)CC2)cc1. The molecular weight excluding hydrogens is 366 g/mol. The number of likely N-dealkylation sites (tertiary alicyclic amines) is 1. The number of nitrogens with one attached hydrogen (secondary N) is 2. The van der Waals surface area contributed by atoms with Crippen molar-refractivity contribution in [1.29, 1.82) is 0 Å². The largest absolute Gasteiger partial charge is 0.497 e. The maximum Gasteiger partial charge on any atom is 0.147 e. The fraction of sp³-hybridized carbons (Fsp3) is 0.476. The van der Waals surface area contributed by atoms with Crippen LogP contribution in [0.4, 0.5) is 0 Å². The lowest BCUT2D eigenvalue weighted by atomic mass is 9.95. The van der Waals surface area contributed by atoms with Crippen LogP contribution in [0.25, 0.3) is 11.3 Å². The molecule has 5 rings (SSSR count). The molecule has 1 fully saturated rings. The normalized spacial score (nSPS) is 18.0. The molecular formula is C21H27N7O. The van der Waals surface area contributed by atoms with Gasteiger partial charge in [0.15, 0.2) is 0 Å². The third-order valence-corrected chi connectivity index (χ3v) is 6.09. The van der Waals surface area contributed by atoms with Gasteiger partial charge in [0.05, 0.1) is 25.5 Å². The van der Waals surface area contributed by atoms with Gasteiger partial charge in [0.25, 0.3) is 0 Å². The molecule has 2 aromatic heterocycles. The van der Waals surface area contributed by atoms with Crippen LogP contribution in [0, 0.1) is 0 Å². The molecule has 2 aliphatic heterocycles. The number of aromatic amines is 1. The van der Waals surface area contributed by atoms with Crippen LogP contribution in [0.2, 0.25) is 0 Å². The molecule has 8 nitrogen and oxygen atoms in total. The summed E-state index contributed by atoms with van der Waals surface area (Å²) in [6.45, 7) is 5.87. The minimum atomic E-state index is 0.510. The molecule has 152 valence electrons. The number of nitrogens with zero attached hydrogens (tertiary/aromatic N) is 5. The molecule has 8 heteroatoms. The average molecular weight is 393 g/mol. The van der Waals surface area contributed by atoms with Crippen LogP contribution in [0.5, 0.6) is 5.75 Å². The number of rotatable bonds is 5. The summed E-state index contributed by atoms with van der Waals surface area (Å²) in [6.07, 6.45) is 4.20. The van der Waals surface area contributed by atoms with E-state index in [9.17, 15) is 0 Å². The van der Waals surface area contributed by atoms with Crippen LogP contribution in [0.3, 0.4) is 0 Å². The van der Waals surface area contributed by atoms with Crippen molar-refractivity contribution in [3.8, 4) is 17.0 Å². The van der Waals surface area contributed by atoms with E-state index in [-0.39, 0.29) is 0 Å². The number of fused-ring (bicyclic) bond motifs is 1. The first kappa shape index (κ1) is 18.3. The lowest BCUT2D eigenvalue weighted by molar-refractivity contribution is 0.199. The number of aromatic nitrogens is 5. The fourth-order valence-corrected chi connectivity index (χ4v) is 4.45. The Kier molecular flexibility index (Phi) is 5.03. The molecule has 3 aromatic rings. The first-order chi connectivity index (χ1) is 14.3. The molecule has 0 unspecified atom stereocenters. The maximum atomic E-state index is 5.26. The monoisotopic (exact) mass is 393 g/mol. The van der Waals surface area contributed by atoms with Crippen molar-refractivity contribution in [2.45, 2.75) is 38.4 Å². The smallest absolute Gasteiger partial charge is 0.147 e. The average Bonchev–Trinajstić information content (AvgIpc) is 3.41. The predicted molar refractivity (Wildman–Crippen MR) is 110 cm³/mol. The summed E-state index contributed by atoms with van der Waals surface area (Å²) in [5.74, 6) is 3.64. The Labute approximate surface area is 170 Å². The van der Waals surface area contributed by atoms with Crippen LogP contribution in [-0.2, 0) is 19.6 Å². The second kappa shape index (κ2) is 7.96. The predicted octanol–water partition coefficient (Wildman–Crippen LogP) is 2.16. The number of hydrogen-bond donors (Lipinski definition) is 2. The lowest BCUT2D eigenvalue weighted by Crippen LogP contribution is -2.34. The second-order valence-corrected chi connectivity index (χ2v) is 7.85. The quantitative estimate of drug-likeness (QED) is 0.691. The Morgan fingerprint density at radius 2 is 1.93 bits per heavy atom. The topological polar surface area (TPSA) is 83.9 Å². The van der Waals surface area contributed by atoms with Gasteiger partial charge in [-0.15, -0.1) is 10.2 Å². The van der Waals surface area contributed by atoms with Crippen LogP contribution in [-0.4, -0.2) is 56.6 Å². The summed E-state index contributed by atoms with van der Waals surface area (Å²) in [6, 6.07) is 8.12.